The molecule has 2 aromatic carbocycles. The Bertz CT molecular complexity index is 1090. The Morgan fingerprint density at radius 1 is 1.06 bits per heavy atom. The maximum absolute atomic E-state index is 15.0. The molecular weight excluding hydrogens is 421 g/mol. The lowest BCUT2D eigenvalue weighted by atomic mass is 9.69. The number of ether oxygens (including phenoxy) is 2. The van der Waals surface area contributed by atoms with Crippen LogP contribution in [-0.4, -0.2) is 37.3 Å². The first kappa shape index (κ1) is 23.1. The minimum atomic E-state index is -0.862. The van der Waals surface area contributed by atoms with Crippen LogP contribution in [0.5, 0.6) is 0 Å². The van der Waals surface area contributed by atoms with Gasteiger partial charge in [0.05, 0.1) is 6.61 Å². The van der Waals surface area contributed by atoms with Crippen molar-refractivity contribution in [3.8, 4) is 0 Å². The fourth-order valence-electron chi connectivity index (χ4n) is 4.82. The Labute approximate surface area is 193 Å². The maximum Gasteiger partial charge on any atom is 0.315 e. The Morgan fingerprint density at radius 3 is 2.52 bits per heavy atom. The lowest BCUT2D eigenvalue weighted by Gasteiger charge is -2.36. The summed E-state index contributed by atoms with van der Waals surface area (Å²) in [6, 6.07) is 16.2. The number of esters is 1. The molecule has 0 bridgehead atoms. The first-order chi connectivity index (χ1) is 16.0. The van der Waals surface area contributed by atoms with Gasteiger partial charge in [0.1, 0.15) is 18.3 Å². The van der Waals surface area contributed by atoms with Gasteiger partial charge < -0.3 is 9.47 Å². The number of carbonyl (C=O) groups excluding carboxylic acids is 2. The zero-order chi connectivity index (χ0) is 23.4. The van der Waals surface area contributed by atoms with E-state index < -0.39 is 23.6 Å². The molecule has 0 N–H and O–H groups in total. The summed E-state index contributed by atoms with van der Waals surface area (Å²) in [5.74, 6) is -2.68. The SMILES string of the molecule is CCOCCOC(=O)C1C(C)=NC2=C(C(=O)C[C@@H](c3ccccc3)C2)[C@@H]1c1ccccc1F. The molecule has 1 aliphatic carbocycles. The van der Waals surface area contributed by atoms with E-state index in [9.17, 15) is 14.0 Å². The van der Waals surface area contributed by atoms with Crippen molar-refractivity contribution >= 4 is 17.5 Å². The molecule has 1 unspecified atom stereocenters. The van der Waals surface area contributed by atoms with Gasteiger partial charge in [-0.1, -0.05) is 48.5 Å². The average molecular weight is 450 g/mol. The molecule has 0 spiro atoms. The van der Waals surface area contributed by atoms with Gasteiger partial charge in [0.25, 0.3) is 0 Å². The number of nitrogens with zero attached hydrogens (tertiary/aromatic N) is 1. The van der Waals surface area contributed by atoms with E-state index in [1.165, 1.54) is 6.07 Å². The summed E-state index contributed by atoms with van der Waals surface area (Å²) >= 11 is 0. The van der Waals surface area contributed by atoms with Crippen LogP contribution in [-0.2, 0) is 19.1 Å². The first-order valence-electron chi connectivity index (χ1n) is 11.4. The van der Waals surface area contributed by atoms with Gasteiger partial charge in [-0.25, -0.2) is 4.39 Å². The van der Waals surface area contributed by atoms with Gasteiger partial charge in [-0.05, 0) is 43.4 Å². The third kappa shape index (κ3) is 4.81. The highest BCUT2D eigenvalue weighted by molar-refractivity contribution is 6.09. The van der Waals surface area contributed by atoms with Crippen LogP contribution >= 0.6 is 0 Å². The number of carbonyl (C=O) groups is 2. The van der Waals surface area contributed by atoms with Crippen LogP contribution < -0.4 is 0 Å². The van der Waals surface area contributed by atoms with Crippen molar-refractivity contribution in [2.24, 2.45) is 10.9 Å². The van der Waals surface area contributed by atoms with Crippen LogP contribution in [0.1, 0.15) is 49.7 Å². The zero-order valence-corrected chi connectivity index (χ0v) is 18.9. The fourth-order valence-corrected chi connectivity index (χ4v) is 4.82. The second-order valence-electron chi connectivity index (χ2n) is 8.39. The number of hydrogen-bond donors (Lipinski definition) is 0. The first-order valence-corrected chi connectivity index (χ1v) is 11.4. The molecule has 0 saturated heterocycles. The van der Waals surface area contributed by atoms with Crippen molar-refractivity contribution in [2.75, 3.05) is 19.8 Å². The molecule has 0 aromatic heterocycles. The summed E-state index contributed by atoms with van der Waals surface area (Å²) in [6.45, 7) is 4.51. The molecule has 172 valence electrons. The summed E-state index contributed by atoms with van der Waals surface area (Å²) in [6.07, 6.45) is 0.869. The minimum absolute atomic E-state index is 0.00460. The zero-order valence-electron chi connectivity index (χ0n) is 18.9. The summed E-state index contributed by atoms with van der Waals surface area (Å²) in [7, 11) is 0. The number of allylic oxidation sites excluding steroid dienone is 2. The normalized spacial score (nSPS) is 22.6. The van der Waals surface area contributed by atoms with Gasteiger partial charge in [-0.3, -0.25) is 14.6 Å². The predicted molar refractivity (Wildman–Crippen MR) is 124 cm³/mol. The van der Waals surface area contributed by atoms with E-state index in [1.807, 2.05) is 37.3 Å². The van der Waals surface area contributed by atoms with Gasteiger partial charge in [0.2, 0.25) is 0 Å². The standard InChI is InChI=1S/C27H28FNO4/c1-3-32-13-14-33-27(31)24-17(2)29-22-15-19(18-9-5-4-6-10-18)16-23(30)26(22)25(24)20-11-7-8-12-21(20)28/h4-12,19,24-25H,3,13-16H2,1-2H3/t19-,24?,25+/m0/s1. The molecule has 6 heteroatoms. The third-order valence-corrected chi connectivity index (χ3v) is 6.33. The van der Waals surface area contributed by atoms with Crippen molar-refractivity contribution in [2.45, 2.75) is 38.5 Å². The second kappa shape index (κ2) is 10.2. The smallest absolute Gasteiger partial charge is 0.315 e. The molecule has 1 aliphatic heterocycles. The molecule has 1 heterocycles. The van der Waals surface area contributed by atoms with E-state index >= 15 is 0 Å². The Morgan fingerprint density at radius 2 is 1.79 bits per heavy atom. The number of halogens is 1. The highest BCUT2D eigenvalue weighted by Gasteiger charge is 2.45. The van der Waals surface area contributed by atoms with E-state index in [1.54, 1.807) is 25.1 Å². The van der Waals surface area contributed by atoms with Gasteiger partial charge in [-0.2, -0.15) is 0 Å². The predicted octanol–water partition coefficient (Wildman–Crippen LogP) is 4.98. The largest absolute Gasteiger partial charge is 0.463 e. The lowest BCUT2D eigenvalue weighted by molar-refractivity contribution is -0.148. The maximum atomic E-state index is 15.0. The van der Waals surface area contributed by atoms with Crippen molar-refractivity contribution in [1.29, 1.82) is 0 Å². The number of hydrogen-bond acceptors (Lipinski definition) is 5. The van der Waals surface area contributed by atoms with Crippen molar-refractivity contribution in [3.63, 3.8) is 0 Å². The third-order valence-electron chi connectivity index (χ3n) is 6.33. The molecule has 2 aliphatic rings. The summed E-state index contributed by atoms with van der Waals surface area (Å²) in [5, 5.41) is 0. The number of ketones is 1. The molecule has 0 radical (unpaired) electrons. The number of rotatable bonds is 7. The Balaban J connectivity index is 1.72. The number of Topliss-reactive ketones (excluding diaryl/α,β-unsaturated/α-hetero) is 1. The molecule has 5 nitrogen and oxygen atoms in total. The van der Waals surface area contributed by atoms with E-state index in [-0.39, 0.29) is 24.9 Å². The summed E-state index contributed by atoms with van der Waals surface area (Å²) < 4.78 is 25.7. The molecule has 4 rings (SSSR count). The van der Waals surface area contributed by atoms with Crippen molar-refractivity contribution in [1.82, 2.24) is 0 Å². The van der Waals surface area contributed by atoms with Crippen LogP contribution in [0, 0.1) is 11.7 Å². The summed E-state index contributed by atoms with van der Waals surface area (Å²) in [4.78, 5) is 31.3. The highest BCUT2D eigenvalue weighted by Crippen LogP contribution is 2.47. The van der Waals surface area contributed by atoms with Gasteiger partial charge in [-0.15, -0.1) is 0 Å². The Kier molecular flexibility index (Phi) is 7.14. The Hall–Kier alpha value is -3.12. The lowest BCUT2D eigenvalue weighted by Crippen LogP contribution is -2.38. The molecule has 3 atom stereocenters. The van der Waals surface area contributed by atoms with Gasteiger partial charge >= 0.3 is 5.97 Å². The average Bonchev–Trinajstić information content (AvgIpc) is 2.81. The van der Waals surface area contributed by atoms with E-state index in [0.717, 1.165) is 5.56 Å². The van der Waals surface area contributed by atoms with Crippen LogP contribution in [0.4, 0.5) is 4.39 Å². The molecule has 33 heavy (non-hydrogen) atoms. The van der Waals surface area contributed by atoms with E-state index in [4.69, 9.17) is 14.5 Å². The van der Waals surface area contributed by atoms with E-state index in [0.29, 0.717) is 42.0 Å². The topological polar surface area (TPSA) is 65.0 Å². The summed E-state index contributed by atoms with van der Waals surface area (Å²) in [5.41, 5.74) is 3.00. The molecule has 0 fully saturated rings. The second-order valence-corrected chi connectivity index (χ2v) is 8.39. The fraction of sp³-hybridized carbons (Fsp3) is 0.370. The van der Waals surface area contributed by atoms with Crippen molar-refractivity contribution in [3.05, 3.63) is 82.8 Å². The molecule has 2 aromatic rings. The van der Waals surface area contributed by atoms with Crippen molar-refractivity contribution < 1.29 is 23.5 Å². The van der Waals surface area contributed by atoms with E-state index in [2.05, 4.69) is 0 Å². The molecule has 0 saturated carbocycles. The van der Waals surface area contributed by atoms with Crippen LogP contribution in [0.2, 0.25) is 0 Å². The molecule has 0 amide bonds. The van der Waals surface area contributed by atoms with Crippen LogP contribution in [0.15, 0.2) is 70.9 Å². The monoisotopic (exact) mass is 449 g/mol. The number of benzene rings is 2. The van der Waals surface area contributed by atoms with Crippen LogP contribution in [0.3, 0.4) is 0 Å². The number of aliphatic imine (C=N–C) groups is 1. The minimum Gasteiger partial charge on any atom is -0.463 e. The highest BCUT2D eigenvalue weighted by atomic mass is 19.1. The quantitative estimate of drug-likeness (QED) is 0.442. The van der Waals surface area contributed by atoms with Gasteiger partial charge in [0, 0.05) is 35.9 Å². The van der Waals surface area contributed by atoms with Crippen LogP contribution in [0.25, 0.3) is 0 Å². The van der Waals surface area contributed by atoms with Gasteiger partial charge in [0.15, 0.2) is 5.78 Å². The molecular formula is C27H28FNO4.